The molecule has 0 atom stereocenters. The Morgan fingerprint density at radius 1 is 1.33 bits per heavy atom. The summed E-state index contributed by atoms with van der Waals surface area (Å²) in [5.41, 5.74) is 2.25. The highest BCUT2D eigenvalue weighted by Crippen LogP contribution is 2.18. The summed E-state index contributed by atoms with van der Waals surface area (Å²) in [4.78, 5) is 11.9. The summed E-state index contributed by atoms with van der Waals surface area (Å²) in [6.45, 7) is 2.60. The predicted molar refractivity (Wildman–Crippen MR) is 80.9 cm³/mol. The van der Waals surface area contributed by atoms with Gasteiger partial charge in [-0.15, -0.1) is 0 Å². The molecule has 0 spiro atoms. The third-order valence-electron chi connectivity index (χ3n) is 3.40. The third kappa shape index (κ3) is 2.79. The number of para-hydroxylation sites is 1. The molecule has 6 heteroatoms. The van der Waals surface area contributed by atoms with Gasteiger partial charge in [0.25, 0.3) is 0 Å². The van der Waals surface area contributed by atoms with Crippen molar-refractivity contribution >= 4 is 22.6 Å². The van der Waals surface area contributed by atoms with Crippen LogP contribution in [0.3, 0.4) is 0 Å². The first kappa shape index (κ1) is 13.4. The third-order valence-corrected chi connectivity index (χ3v) is 3.40. The second-order valence-corrected chi connectivity index (χ2v) is 5.05. The van der Waals surface area contributed by atoms with Gasteiger partial charge in [-0.25, -0.2) is 0 Å². The highest BCUT2D eigenvalue weighted by molar-refractivity contribution is 5.89. The van der Waals surface area contributed by atoms with Crippen molar-refractivity contribution in [3.8, 4) is 0 Å². The number of amides is 1. The largest absolute Gasteiger partial charge is 0.309 e. The molecule has 0 aliphatic heterocycles. The Kier molecular flexibility index (Phi) is 3.43. The van der Waals surface area contributed by atoms with Gasteiger partial charge in [0, 0.05) is 31.1 Å². The van der Waals surface area contributed by atoms with Crippen LogP contribution in [0.15, 0.2) is 36.7 Å². The first-order valence-corrected chi connectivity index (χ1v) is 6.84. The van der Waals surface area contributed by atoms with E-state index in [2.05, 4.69) is 28.5 Å². The van der Waals surface area contributed by atoms with E-state index < -0.39 is 0 Å². The summed E-state index contributed by atoms with van der Waals surface area (Å²) >= 11 is 0. The van der Waals surface area contributed by atoms with Crippen molar-refractivity contribution in [2.45, 2.75) is 19.9 Å². The number of anilines is 1. The second kappa shape index (κ2) is 5.40. The summed E-state index contributed by atoms with van der Waals surface area (Å²) in [5.74, 6) is 0.509. The molecule has 3 aromatic rings. The van der Waals surface area contributed by atoms with Crippen LogP contribution in [0.2, 0.25) is 0 Å². The molecule has 0 saturated carbocycles. The standard InChI is InChI=1S/C15H17N5O/c1-11-4-3-5-12-10-16-20(15(11)12)9-7-14(21)17-13-6-8-19(2)18-13/h3-6,8,10H,7,9H2,1-2H3,(H,17,18,21). The number of nitrogens with one attached hydrogen (secondary N) is 1. The van der Waals surface area contributed by atoms with Crippen molar-refractivity contribution < 1.29 is 4.79 Å². The molecule has 3 rings (SSSR count). The minimum Gasteiger partial charge on any atom is -0.309 e. The Bertz CT molecular complexity index is 786. The van der Waals surface area contributed by atoms with Crippen LogP contribution in [-0.2, 0) is 18.4 Å². The van der Waals surface area contributed by atoms with Crippen molar-refractivity contribution in [3.63, 3.8) is 0 Å². The summed E-state index contributed by atoms with van der Waals surface area (Å²) in [7, 11) is 1.81. The normalized spacial score (nSPS) is 11.0. The molecule has 0 aliphatic rings. The van der Waals surface area contributed by atoms with E-state index in [1.807, 2.05) is 30.1 Å². The fraction of sp³-hybridized carbons (Fsp3) is 0.267. The quantitative estimate of drug-likeness (QED) is 0.797. The maximum Gasteiger partial charge on any atom is 0.227 e. The van der Waals surface area contributed by atoms with Gasteiger partial charge < -0.3 is 5.32 Å². The van der Waals surface area contributed by atoms with Crippen LogP contribution in [-0.4, -0.2) is 25.5 Å². The van der Waals surface area contributed by atoms with Gasteiger partial charge in [-0.3, -0.25) is 14.2 Å². The van der Waals surface area contributed by atoms with E-state index in [0.29, 0.717) is 18.8 Å². The zero-order valence-electron chi connectivity index (χ0n) is 12.1. The monoisotopic (exact) mass is 283 g/mol. The number of aromatic nitrogens is 4. The average Bonchev–Trinajstić information content (AvgIpc) is 3.04. The lowest BCUT2D eigenvalue weighted by molar-refractivity contribution is -0.116. The van der Waals surface area contributed by atoms with Gasteiger partial charge in [-0.2, -0.15) is 10.2 Å². The molecule has 1 aromatic carbocycles. The van der Waals surface area contributed by atoms with Gasteiger partial charge in [0.05, 0.1) is 18.3 Å². The summed E-state index contributed by atoms with van der Waals surface area (Å²) < 4.78 is 3.53. The molecule has 0 bridgehead atoms. The number of carbonyl (C=O) groups is 1. The van der Waals surface area contributed by atoms with Crippen molar-refractivity contribution in [2.24, 2.45) is 7.05 Å². The van der Waals surface area contributed by atoms with Crippen molar-refractivity contribution in [1.82, 2.24) is 19.6 Å². The van der Waals surface area contributed by atoms with Crippen LogP contribution in [0.25, 0.3) is 10.9 Å². The maximum absolute atomic E-state index is 11.9. The summed E-state index contributed by atoms with van der Waals surface area (Å²) in [6.07, 6.45) is 3.99. The van der Waals surface area contributed by atoms with Gasteiger partial charge in [-0.05, 0) is 12.5 Å². The lowest BCUT2D eigenvalue weighted by Gasteiger charge is -2.06. The fourth-order valence-electron chi connectivity index (χ4n) is 2.39. The maximum atomic E-state index is 11.9. The molecule has 1 amide bonds. The van der Waals surface area contributed by atoms with Crippen LogP contribution in [0.1, 0.15) is 12.0 Å². The summed E-state index contributed by atoms with van der Waals surface area (Å²) in [6, 6.07) is 7.86. The van der Waals surface area contributed by atoms with Gasteiger partial charge in [-0.1, -0.05) is 18.2 Å². The van der Waals surface area contributed by atoms with Gasteiger partial charge in [0.15, 0.2) is 5.82 Å². The molecule has 2 aromatic heterocycles. The van der Waals surface area contributed by atoms with Gasteiger partial charge >= 0.3 is 0 Å². The first-order chi connectivity index (χ1) is 10.1. The molecule has 6 nitrogen and oxygen atoms in total. The molecular formula is C15H17N5O. The number of hydrogen-bond acceptors (Lipinski definition) is 3. The smallest absolute Gasteiger partial charge is 0.227 e. The molecule has 0 radical (unpaired) electrons. The van der Waals surface area contributed by atoms with E-state index in [-0.39, 0.29) is 5.91 Å². The molecule has 0 aliphatic carbocycles. The zero-order valence-corrected chi connectivity index (χ0v) is 12.1. The Labute approximate surface area is 122 Å². The second-order valence-electron chi connectivity index (χ2n) is 5.05. The molecular weight excluding hydrogens is 266 g/mol. The fourth-order valence-corrected chi connectivity index (χ4v) is 2.39. The van der Waals surface area contributed by atoms with Crippen LogP contribution < -0.4 is 5.32 Å². The van der Waals surface area contributed by atoms with E-state index >= 15 is 0 Å². The van der Waals surface area contributed by atoms with Crippen LogP contribution in [0.4, 0.5) is 5.82 Å². The number of carbonyl (C=O) groups excluding carboxylic acids is 1. The van der Waals surface area contributed by atoms with Crippen LogP contribution >= 0.6 is 0 Å². The minimum absolute atomic E-state index is 0.0639. The van der Waals surface area contributed by atoms with Crippen LogP contribution in [0.5, 0.6) is 0 Å². The molecule has 0 saturated heterocycles. The Morgan fingerprint density at radius 3 is 2.95 bits per heavy atom. The zero-order chi connectivity index (χ0) is 14.8. The SMILES string of the molecule is Cc1cccc2cnn(CCC(=O)Nc3ccn(C)n3)c12. The Balaban J connectivity index is 1.67. The van der Waals surface area contributed by atoms with E-state index in [1.165, 1.54) is 0 Å². The van der Waals surface area contributed by atoms with E-state index in [9.17, 15) is 4.79 Å². The number of rotatable bonds is 4. The molecule has 2 heterocycles. The highest BCUT2D eigenvalue weighted by atomic mass is 16.1. The molecule has 108 valence electrons. The minimum atomic E-state index is -0.0639. The molecule has 0 fully saturated rings. The predicted octanol–water partition coefficient (Wildman–Crippen LogP) is 2.11. The number of hydrogen-bond donors (Lipinski definition) is 1. The number of aryl methyl sites for hydroxylation is 3. The van der Waals surface area contributed by atoms with Crippen molar-refractivity contribution in [2.75, 3.05) is 5.32 Å². The van der Waals surface area contributed by atoms with E-state index in [0.717, 1.165) is 16.5 Å². The van der Waals surface area contributed by atoms with Crippen LogP contribution in [0, 0.1) is 6.92 Å². The van der Waals surface area contributed by atoms with E-state index in [1.54, 1.807) is 16.9 Å². The lowest BCUT2D eigenvalue weighted by Crippen LogP contribution is -2.15. The number of nitrogens with zero attached hydrogens (tertiary/aromatic N) is 4. The summed E-state index contributed by atoms with van der Waals surface area (Å²) in [5, 5.41) is 12.4. The molecule has 0 unspecified atom stereocenters. The van der Waals surface area contributed by atoms with Gasteiger partial charge in [0.2, 0.25) is 5.91 Å². The molecule has 1 N–H and O–H groups in total. The van der Waals surface area contributed by atoms with Crippen molar-refractivity contribution in [1.29, 1.82) is 0 Å². The van der Waals surface area contributed by atoms with Gasteiger partial charge in [0.1, 0.15) is 0 Å². The van der Waals surface area contributed by atoms with Crippen molar-refractivity contribution in [3.05, 3.63) is 42.2 Å². The Morgan fingerprint density at radius 2 is 2.19 bits per heavy atom. The highest BCUT2D eigenvalue weighted by Gasteiger charge is 2.08. The number of benzene rings is 1. The topological polar surface area (TPSA) is 64.7 Å². The molecule has 21 heavy (non-hydrogen) atoms. The average molecular weight is 283 g/mol. The Hall–Kier alpha value is -2.63. The lowest BCUT2D eigenvalue weighted by atomic mass is 10.2. The van der Waals surface area contributed by atoms with E-state index in [4.69, 9.17) is 0 Å². The number of fused-ring (bicyclic) bond motifs is 1. The first-order valence-electron chi connectivity index (χ1n) is 6.84.